The molecule has 0 aliphatic heterocycles. The number of carbonyl (C=O) groups excluding carboxylic acids is 1. The molecule has 0 radical (unpaired) electrons. The molecule has 2 aromatic rings. The second kappa shape index (κ2) is 6.15. The second-order valence-corrected chi connectivity index (χ2v) is 4.98. The minimum Gasteiger partial charge on any atom is -0.348 e. The Kier molecular flexibility index (Phi) is 4.60. The van der Waals surface area contributed by atoms with Crippen molar-refractivity contribution in [2.75, 3.05) is 0 Å². The SMILES string of the molecule is Cn1cc(C(=O)NCc2c(C(F)(F)F)ccc(Cl)c2F)c(F)n1. The molecule has 23 heavy (non-hydrogen) atoms. The minimum atomic E-state index is -4.83. The number of alkyl halides is 3. The van der Waals surface area contributed by atoms with Crippen molar-refractivity contribution in [2.24, 2.45) is 7.05 Å². The molecule has 0 saturated carbocycles. The highest BCUT2D eigenvalue weighted by molar-refractivity contribution is 6.30. The van der Waals surface area contributed by atoms with Gasteiger partial charge in [-0.15, -0.1) is 5.10 Å². The van der Waals surface area contributed by atoms with Crippen molar-refractivity contribution in [3.05, 3.63) is 51.8 Å². The van der Waals surface area contributed by atoms with Crippen molar-refractivity contribution < 1.29 is 26.7 Å². The predicted molar refractivity (Wildman–Crippen MR) is 70.7 cm³/mol. The molecule has 2 rings (SSSR count). The summed E-state index contributed by atoms with van der Waals surface area (Å²) in [4.78, 5) is 11.8. The highest BCUT2D eigenvalue weighted by atomic mass is 35.5. The molecule has 0 fully saturated rings. The number of rotatable bonds is 3. The number of benzene rings is 1. The molecule has 0 aliphatic carbocycles. The van der Waals surface area contributed by atoms with Crippen LogP contribution < -0.4 is 5.32 Å². The van der Waals surface area contributed by atoms with Crippen LogP contribution in [0, 0.1) is 11.8 Å². The number of amides is 1. The van der Waals surface area contributed by atoms with E-state index < -0.39 is 52.1 Å². The smallest absolute Gasteiger partial charge is 0.348 e. The molecule has 1 heterocycles. The summed E-state index contributed by atoms with van der Waals surface area (Å²) in [7, 11) is 1.36. The number of nitrogens with one attached hydrogen (secondary N) is 1. The van der Waals surface area contributed by atoms with E-state index in [4.69, 9.17) is 11.6 Å². The number of aromatic nitrogens is 2. The standard InChI is InChI=1S/C13H9ClF5N3O/c1-22-5-7(11(16)21-22)12(23)20-4-6-8(13(17,18)19)2-3-9(14)10(6)15/h2-3,5H,4H2,1H3,(H,20,23). The van der Waals surface area contributed by atoms with Crippen molar-refractivity contribution >= 4 is 17.5 Å². The third-order valence-corrected chi connectivity index (χ3v) is 3.25. The van der Waals surface area contributed by atoms with Crippen LogP contribution >= 0.6 is 11.6 Å². The van der Waals surface area contributed by atoms with E-state index in [0.29, 0.717) is 6.07 Å². The van der Waals surface area contributed by atoms with Crippen LogP contribution in [0.5, 0.6) is 0 Å². The van der Waals surface area contributed by atoms with Gasteiger partial charge in [-0.25, -0.2) is 4.39 Å². The number of hydrogen-bond acceptors (Lipinski definition) is 2. The molecule has 0 bridgehead atoms. The summed E-state index contributed by atoms with van der Waals surface area (Å²) in [5, 5.41) is 4.79. The zero-order valence-electron chi connectivity index (χ0n) is 11.5. The Morgan fingerprint density at radius 1 is 1.35 bits per heavy atom. The fraction of sp³-hybridized carbons (Fsp3) is 0.231. The van der Waals surface area contributed by atoms with Crippen LogP contribution in [0.4, 0.5) is 22.0 Å². The molecule has 1 N–H and O–H groups in total. The Morgan fingerprint density at radius 2 is 2.00 bits per heavy atom. The monoisotopic (exact) mass is 353 g/mol. The average Bonchev–Trinajstić information content (AvgIpc) is 2.77. The zero-order chi connectivity index (χ0) is 17.4. The fourth-order valence-corrected chi connectivity index (χ4v) is 2.09. The highest BCUT2D eigenvalue weighted by Crippen LogP contribution is 2.35. The molecule has 1 aromatic heterocycles. The van der Waals surface area contributed by atoms with Crippen LogP contribution in [0.15, 0.2) is 18.3 Å². The van der Waals surface area contributed by atoms with Gasteiger partial charge in [0.05, 0.1) is 10.6 Å². The summed E-state index contributed by atoms with van der Waals surface area (Å²) in [5.41, 5.74) is -2.57. The minimum absolute atomic E-state index is 0.469. The van der Waals surface area contributed by atoms with E-state index in [9.17, 15) is 26.7 Å². The molecule has 124 valence electrons. The first-order valence-corrected chi connectivity index (χ1v) is 6.50. The normalized spacial score (nSPS) is 11.6. The van der Waals surface area contributed by atoms with Gasteiger partial charge >= 0.3 is 6.18 Å². The van der Waals surface area contributed by atoms with Gasteiger partial charge in [0.1, 0.15) is 11.4 Å². The Bertz CT molecular complexity index is 757. The maximum atomic E-state index is 13.9. The van der Waals surface area contributed by atoms with Crippen LogP contribution in [0.25, 0.3) is 0 Å². The van der Waals surface area contributed by atoms with Gasteiger partial charge in [0.15, 0.2) is 0 Å². The molecular weight excluding hydrogens is 345 g/mol. The van der Waals surface area contributed by atoms with Gasteiger partial charge in [0.25, 0.3) is 5.91 Å². The van der Waals surface area contributed by atoms with Crippen LogP contribution in [0.3, 0.4) is 0 Å². The molecule has 0 saturated heterocycles. The van der Waals surface area contributed by atoms with E-state index in [2.05, 4.69) is 5.10 Å². The average molecular weight is 354 g/mol. The summed E-state index contributed by atoms with van der Waals surface area (Å²) in [6.45, 7) is -0.811. The van der Waals surface area contributed by atoms with E-state index in [1.165, 1.54) is 7.05 Å². The maximum Gasteiger partial charge on any atom is 0.416 e. The summed E-state index contributed by atoms with van der Waals surface area (Å²) in [5.74, 6) is -3.41. The molecular formula is C13H9ClF5N3O. The second-order valence-electron chi connectivity index (χ2n) is 4.58. The van der Waals surface area contributed by atoms with E-state index in [1.807, 2.05) is 5.32 Å². The lowest BCUT2D eigenvalue weighted by atomic mass is 10.1. The molecule has 0 aliphatic rings. The van der Waals surface area contributed by atoms with E-state index in [1.54, 1.807) is 0 Å². The molecule has 1 amide bonds. The Morgan fingerprint density at radius 3 is 2.52 bits per heavy atom. The lowest BCUT2D eigenvalue weighted by molar-refractivity contribution is -0.138. The number of carbonyl (C=O) groups is 1. The van der Waals surface area contributed by atoms with Gasteiger partial charge in [-0.3, -0.25) is 9.48 Å². The highest BCUT2D eigenvalue weighted by Gasteiger charge is 2.35. The number of aryl methyl sites for hydroxylation is 1. The summed E-state index contributed by atoms with van der Waals surface area (Å²) in [6, 6.07) is 1.38. The van der Waals surface area contributed by atoms with Crippen molar-refractivity contribution in [2.45, 2.75) is 12.7 Å². The van der Waals surface area contributed by atoms with Gasteiger partial charge < -0.3 is 5.32 Å². The Balaban J connectivity index is 2.28. The molecule has 4 nitrogen and oxygen atoms in total. The van der Waals surface area contributed by atoms with Gasteiger partial charge in [-0.05, 0) is 12.1 Å². The van der Waals surface area contributed by atoms with Crippen LogP contribution in [-0.4, -0.2) is 15.7 Å². The number of hydrogen-bond donors (Lipinski definition) is 1. The first-order valence-electron chi connectivity index (χ1n) is 6.12. The Labute approximate surface area is 131 Å². The Hall–Kier alpha value is -2.16. The van der Waals surface area contributed by atoms with Crippen LogP contribution in [0.1, 0.15) is 21.5 Å². The molecule has 0 unspecified atom stereocenters. The van der Waals surface area contributed by atoms with E-state index >= 15 is 0 Å². The van der Waals surface area contributed by atoms with Gasteiger partial charge in [0, 0.05) is 25.4 Å². The quantitative estimate of drug-likeness (QED) is 0.861. The van der Waals surface area contributed by atoms with Gasteiger partial charge in [0.2, 0.25) is 5.95 Å². The number of halogens is 6. The third-order valence-electron chi connectivity index (χ3n) is 2.96. The lowest BCUT2D eigenvalue weighted by Crippen LogP contribution is -2.26. The van der Waals surface area contributed by atoms with Crippen molar-refractivity contribution in [1.82, 2.24) is 15.1 Å². The third kappa shape index (κ3) is 3.61. The summed E-state index contributed by atoms with van der Waals surface area (Å²) in [6.07, 6.45) is -3.78. The lowest BCUT2D eigenvalue weighted by Gasteiger charge is -2.15. The molecule has 0 spiro atoms. The summed E-state index contributed by atoms with van der Waals surface area (Å²) >= 11 is 5.47. The largest absolute Gasteiger partial charge is 0.416 e. The van der Waals surface area contributed by atoms with E-state index in [-0.39, 0.29) is 0 Å². The first-order chi connectivity index (χ1) is 10.6. The maximum absolute atomic E-state index is 13.9. The van der Waals surface area contributed by atoms with Crippen molar-refractivity contribution in [1.29, 1.82) is 0 Å². The number of nitrogens with zero attached hydrogens (tertiary/aromatic N) is 2. The predicted octanol–water partition coefficient (Wildman–Crippen LogP) is 3.30. The van der Waals surface area contributed by atoms with E-state index in [0.717, 1.165) is 16.9 Å². The molecule has 0 atom stereocenters. The molecule has 1 aromatic carbocycles. The zero-order valence-corrected chi connectivity index (χ0v) is 12.3. The van der Waals surface area contributed by atoms with Crippen LogP contribution in [0.2, 0.25) is 5.02 Å². The van der Waals surface area contributed by atoms with Gasteiger partial charge in [-0.2, -0.15) is 17.6 Å². The van der Waals surface area contributed by atoms with Crippen molar-refractivity contribution in [3.63, 3.8) is 0 Å². The fourth-order valence-electron chi connectivity index (χ4n) is 1.91. The topological polar surface area (TPSA) is 46.9 Å². The first kappa shape index (κ1) is 17.2. The summed E-state index contributed by atoms with van der Waals surface area (Å²) < 4.78 is 66.8. The van der Waals surface area contributed by atoms with Crippen LogP contribution in [-0.2, 0) is 19.8 Å². The van der Waals surface area contributed by atoms with Gasteiger partial charge in [-0.1, -0.05) is 11.6 Å². The van der Waals surface area contributed by atoms with Crippen molar-refractivity contribution in [3.8, 4) is 0 Å². The molecule has 10 heteroatoms.